The zero-order valence-corrected chi connectivity index (χ0v) is 16.0. The first-order valence-corrected chi connectivity index (χ1v) is 10.6. The molecule has 2 aliphatic carbocycles. The molecule has 0 radical (unpaired) electrons. The fraction of sp³-hybridized carbons (Fsp3) is 0.905. The fourth-order valence-corrected chi connectivity index (χ4v) is 4.12. The normalized spacial score (nSPS) is 24.7. The lowest BCUT2D eigenvalue weighted by Gasteiger charge is -2.30. The van der Waals surface area contributed by atoms with Gasteiger partial charge in [-0.3, -0.25) is 9.59 Å². The van der Waals surface area contributed by atoms with Gasteiger partial charge in [-0.05, 0) is 44.9 Å². The number of hydrogen-bond donors (Lipinski definition) is 0. The number of carbonyl (C=O) groups is 2. The van der Waals surface area contributed by atoms with Gasteiger partial charge in [0.2, 0.25) is 0 Å². The van der Waals surface area contributed by atoms with Crippen LogP contribution in [0.5, 0.6) is 0 Å². The molecule has 0 bridgehead atoms. The highest BCUT2D eigenvalue weighted by Gasteiger charge is 2.38. The van der Waals surface area contributed by atoms with Crippen LogP contribution in [0, 0.1) is 11.8 Å². The van der Waals surface area contributed by atoms with Crippen LogP contribution in [0.15, 0.2) is 0 Å². The fourth-order valence-electron chi connectivity index (χ4n) is 4.12. The molecule has 4 nitrogen and oxygen atoms in total. The van der Waals surface area contributed by atoms with Gasteiger partial charge in [0, 0.05) is 0 Å². The highest BCUT2D eigenvalue weighted by Crippen LogP contribution is 2.33. The lowest BCUT2D eigenvalue weighted by molar-refractivity contribution is -0.167. The minimum absolute atomic E-state index is 0.0680. The monoisotopic (exact) mass is 352 g/mol. The number of rotatable bonds is 9. The van der Waals surface area contributed by atoms with E-state index in [1.165, 1.54) is 25.7 Å². The second-order valence-electron chi connectivity index (χ2n) is 7.78. The van der Waals surface area contributed by atoms with E-state index in [2.05, 4.69) is 6.92 Å². The van der Waals surface area contributed by atoms with E-state index >= 15 is 0 Å². The van der Waals surface area contributed by atoms with Gasteiger partial charge in [0.1, 0.15) is 6.10 Å². The molecule has 0 aromatic carbocycles. The summed E-state index contributed by atoms with van der Waals surface area (Å²) in [4.78, 5) is 25.1. The molecule has 0 aromatic heterocycles. The maximum absolute atomic E-state index is 12.6. The molecule has 0 aromatic rings. The van der Waals surface area contributed by atoms with Crippen LogP contribution < -0.4 is 0 Å². The first kappa shape index (κ1) is 20.3. The Labute approximate surface area is 153 Å². The van der Waals surface area contributed by atoms with E-state index < -0.39 is 0 Å². The Kier molecular flexibility index (Phi) is 9.35. The van der Waals surface area contributed by atoms with Gasteiger partial charge in [-0.2, -0.15) is 0 Å². The average molecular weight is 353 g/mol. The summed E-state index contributed by atoms with van der Waals surface area (Å²) in [5.74, 6) is -0.916. The average Bonchev–Trinajstić information content (AvgIpc) is 2.65. The van der Waals surface area contributed by atoms with Crippen molar-refractivity contribution in [2.75, 3.05) is 6.61 Å². The van der Waals surface area contributed by atoms with Crippen molar-refractivity contribution >= 4 is 11.9 Å². The highest BCUT2D eigenvalue weighted by atomic mass is 16.5. The number of carbonyl (C=O) groups excluding carboxylic acids is 2. The largest absolute Gasteiger partial charge is 0.465 e. The molecule has 0 spiro atoms. The summed E-state index contributed by atoms with van der Waals surface area (Å²) in [6.07, 6.45) is 14.8. The maximum atomic E-state index is 12.6. The van der Waals surface area contributed by atoms with E-state index in [9.17, 15) is 9.59 Å². The molecular formula is C21H36O4. The third-order valence-corrected chi connectivity index (χ3v) is 5.70. The van der Waals surface area contributed by atoms with E-state index in [1.807, 2.05) is 0 Å². The summed E-state index contributed by atoms with van der Waals surface area (Å²) in [5.41, 5.74) is 0. The van der Waals surface area contributed by atoms with Crippen LogP contribution >= 0.6 is 0 Å². The van der Waals surface area contributed by atoms with Crippen LogP contribution in [0.2, 0.25) is 0 Å². The summed E-state index contributed by atoms with van der Waals surface area (Å²) in [5, 5.41) is 0. The molecule has 2 fully saturated rings. The van der Waals surface area contributed by atoms with E-state index in [-0.39, 0.29) is 29.9 Å². The Balaban J connectivity index is 1.75. The van der Waals surface area contributed by atoms with E-state index in [1.54, 1.807) is 0 Å². The lowest BCUT2D eigenvalue weighted by Crippen LogP contribution is -2.37. The number of hydrogen-bond acceptors (Lipinski definition) is 4. The van der Waals surface area contributed by atoms with Crippen molar-refractivity contribution in [3.8, 4) is 0 Å². The third-order valence-electron chi connectivity index (χ3n) is 5.70. The molecule has 0 saturated heterocycles. The molecule has 2 aliphatic rings. The van der Waals surface area contributed by atoms with Crippen LogP contribution in [0.25, 0.3) is 0 Å². The minimum atomic E-state index is -0.291. The number of unbranched alkanes of at least 4 members (excludes halogenated alkanes) is 4. The Morgan fingerprint density at radius 1 is 0.760 bits per heavy atom. The molecule has 2 atom stereocenters. The zero-order chi connectivity index (χ0) is 17.9. The summed E-state index contributed by atoms with van der Waals surface area (Å²) in [6, 6.07) is 0. The quantitative estimate of drug-likeness (QED) is 0.424. The van der Waals surface area contributed by atoms with Crippen LogP contribution in [0.4, 0.5) is 0 Å². The van der Waals surface area contributed by atoms with Crippen LogP contribution in [0.3, 0.4) is 0 Å². The van der Waals surface area contributed by atoms with Crippen molar-refractivity contribution in [3.63, 3.8) is 0 Å². The smallest absolute Gasteiger partial charge is 0.310 e. The van der Waals surface area contributed by atoms with Crippen molar-refractivity contribution in [1.82, 2.24) is 0 Å². The number of esters is 2. The Bertz CT molecular complexity index is 401. The molecule has 0 aliphatic heterocycles. The predicted octanol–water partition coefficient (Wildman–Crippen LogP) is 5.18. The maximum Gasteiger partial charge on any atom is 0.310 e. The van der Waals surface area contributed by atoms with Crippen molar-refractivity contribution in [1.29, 1.82) is 0 Å². The standard InChI is InChI=1S/C21H36O4/c1-2-3-4-5-11-16-24-20(22)18-14-9-10-15-19(18)21(23)25-17-12-7-6-8-13-17/h17-19H,2-16H2,1H3. The van der Waals surface area contributed by atoms with E-state index in [0.717, 1.165) is 64.2 Å². The molecule has 2 rings (SSSR count). The third kappa shape index (κ3) is 6.99. The lowest BCUT2D eigenvalue weighted by atomic mass is 9.79. The van der Waals surface area contributed by atoms with Crippen LogP contribution in [-0.2, 0) is 19.1 Å². The second-order valence-corrected chi connectivity index (χ2v) is 7.78. The van der Waals surface area contributed by atoms with E-state index in [4.69, 9.17) is 9.47 Å². The van der Waals surface area contributed by atoms with Crippen molar-refractivity contribution < 1.29 is 19.1 Å². The molecule has 144 valence electrons. The number of ether oxygens (including phenoxy) is 2. The van der Waals surface area contributed by atoms with Gasteiger partial charge in [0.15, 0.2) is 0 Å². The van der Waals surface area contributed by atoms with Gasteiger partial charge in [-0.1, -0.05) is 51.9 Å². The molecule has 0 heterocycles. The van der Waals surface area contributed by atoms with Crippen LogP contribution in [0.1, 0.15) is 96.8 Å². The minimum Gasteiger partial charge on any atom is -0.465 e. The Morgan fingerprint density at radius 3 is 2.04 bits per heavy atom. The zero-order valence-electron chi connectivity index (χ0n) is 16.0. The van der Waals surface area contributed by atoms with Gasteiger partial charge in [0.25, 0.3) is 0 Å². The summed E-state index contributed by atoms with van der Waals surface area (Å²) in [7, 11) is 0. The molecule has 0 N–H and O–H groups in total. The first-order valence-electron chi connectivity index (χ1n) is 10.6. The Hall–Kier alpha value is -1.06. The van der Waals surface area contributed by atoms with Crippen LogP contribution in [-0.4, -0.2) is 24.6 Å². The molecule has 25 heavy (non-hydrogen) atoms. The topological polar surface area (TPSA) is 52.6 Å². The van der Waals surface area contributed by atoms with Gasteiger partial charge in [-0.25, -0.2) is 0 Å². The van der Waals surface area contributed by atoms with Gasteiger partial charge >= 0.3 is 11.9 Å². The predicted molar refractivity (Wildman–Crippen MR) is 98.1 cm³/mol. The van der Waals surface area contributed by atoms with Gasteiger partial charge in [-0.15, -0.1) is 0 Å². The van der Waals surface area contributed by atoms with Crippen molar-refractivity contribution in [3.05, 3.63) is 0 Å². The molecular weight excluding hydrogens is 316 g/mol. The SMILES string of the molecule is CCCCCCCOC(=O)C1CCCCC1C(=O)OC1CCCCC1. The van der Waals surface area contributed by atoms with Gasteiger partial charge < -0.3 is 9.47 Å². The summed E-state index contributed by atoms with van der Waals surface area (Å²) >= 11 is 0. The Morgan fingerprint density at radius 2 is 1.36 bits per heavy atom. The highest BCUT2D eigenvalue weighted by molar-refractivity contribution is 5.82. The van der Waals surface area contributed by atoms with Gasteiger partial charge in [0.05, 0.1) is 18.4 Å². The molecule has 2 unspecified atom stereocenters. The summed E-state index contributed by atoms with van der Waals surface area (Å²) in [6.45, 7) is 2.68. The first-order chi connectivity index (χ1) is 12.2. The summed E-state index contributed by atoms with van der Waals surface area (Å²) < 4.78 is 11.2. The van der Waals surface area contributed by atoms with Crippen molar-refractivity contribution in [2.45, 2.75) is 103 Å². The molecule has 0 amide bonds. The van der Waals surface area contributed by atoms with Crippen molar-refractivity contribution in [2.24, 2.45) is 11.8 Å². The second kappa shape index (κ2) is 11.5. The van der Waals surface area contributed by atoms with E-state index in [0.29, 0.717) is 6.61 Å². The molecule has 2 saturated carbocycles. The molecule has 4 heteroatoms.